The lowest BCUT2D eigenvalue weighted by molar-refractivity contribution is -0.144. The van der Waals surface area contributed by atoms with Gasteiger partial charge in [-0.15, -0.1) is 0 Å². The third-order valence-electron chi connectivity index (χ3n) is 10.3. The maximum Gasteiger partial charge on any atom is 0.305 e. The molecular weight excluding hydrogens is 520 g/mol. The van der Waals surface area contributed by atoms with Crippen LogP contribution in [0.5, 0.6) is 0 Å². The second-order valence-corrected chi connectivity index (χ2v) is 14.4. The average Bonchev–Trinajstić information content (AvgIpc) is 3.70. The molecule has 0 radical (unpaired) electrons. The van der Waals surface area contributed by atoms with Crippen LogP contribution in [0.25, 0.3) is 0 Å². The van der Waals surface area contributed by atoms with Crippen molar-refractivity contribution in [1.82, 2.24) is 0 Å². The molecule has 0 amide bonds. The van der Waals surface area contributed by atoms with Crippen LogP contribution in [0.15, 0.2) is 0 Å². The molecule has 42 heavy (non-hydrogen) atoms. The van der Waals surface area contributed by atoms with E-state index in [-0.39, 0.29) is 11.9 Å². The molecule has 0 spiro atoms. The van der Waals surface area contributed by atoms with E-state index in [2.05, 4.69) is 13.8 Å². The first-order chi connectivity index (χ1) is 20.5. The third kappa shape index (κ3) is 20.0. The summed E-state index contributed by atoms with van der Waals surface area (Å²) in [6, 6.07) is 0. The minimum atomic E-state index is 0.0149. The number of hydrogen-bond donors (Lipinski definition) is 0. The van der Waals surface area contributed by atoms with Crippen LogP contribution in [-0.4, -0.2) is 25.2 Å². The van der Waals surface area contributed by atoms with E-state index in [1.165, 1.54) is 128 Å². The second-order valence-electron chi connectivity index (χ2n) is 14.4. The van der Waals surface area contributed by atoms with E-state index in [0.717, 1.165) is 62.2 Å². The van der Waals surface area contributed by atoms with Gasteiger partial charge in [0.1, 0.15) is 0 Å². The first kappa shape index (κ1) is 37.1. The Kier molecular flexibility index (Phi) is 22.4. The lowest BCUT2D eigenvalue weighted by Gasteiger charge is -2.20. The predicted octanol–water partition coefficient (Wildman–Crippen LogP) is 11.5. The molecule has 0 aliphatic heterocycles. The average molecular weight is 591 g/mol. The fraction of sp³-hybridized carbons (Fsp3) is 0.947. The highest BCUT2D eigenvalue weighted by atomic mass is 16.5. The van der Waals surface area contributed by atoms with Gasteiger partial charge in [0.05, 0.1) is 13.2 Å². The van der Waals surface area contributed by atoms with Crippen molar-refractivity contribution in [2.75, 3.05) is 13.2 Å². The number of ether oxygens (including phenoxy) is 2. The van der Waals surface area contributed by atoms with Crippen molar-refractivity contribution < 1.29 is 19.1 Å². The molecule has 2 rings (SSSR count). The Morgan fingerprint density at radius 3 is 1.26 bits per heavy atom. The third-order valence-corrected chi connectivity index (χ3v) is 10.3. The highest BCUT2D eigenvalue weighted by molar-refractivity contribution is 5.69. The monoisotopic (exact) mass is 591 g/mol. The van der Waals surface area contributed by atoms with Gasteiger partial charge in [0, 0.05) is 12.8 Å². The second kappa shape index (κ2) is 25.3. The molecule has 2 saturated carbocycles. The quantitative estimate of drug-likeness (QED) is 0.0705. The van der Waals surface area contributed by atoms with Gasteiger partial charge in [-0.1, -0.05) is 142 Å². The zero-order chi connectivity index (χ0) is 30.1. The molecule has 0 aromatic heterocycles. The number of unbranched alkanes of at least 4 members (excludes halogenated alkanes) is 10. The molecule has 0 bridgehead atoms. The molecule has 0 aromatic carbocycles. The summed E-state index contributed by atoms with van der Waals surface area (Å²) in [4.78, 5) is 23.9. The number of carbonyl (C=O) groups is 2. The van der Waals surface area contributed by atoms with Crippen LogP contribution in [0.2, 0.25) is 0 Å². The smallest absolute Gasteiger partial charge is 0.305 e. The van der Waals surface area contributed by atoms with E-state index < -0.39 is 0 Å². The normalized spacial score (nSPS) is 16.2. The zero-order valence-electron chi connectivity index (χ0n) is 28.2. The first-order valence-corrected chi connectivity index (χ1v) is 18.9. The summed E-state index contributed by atoms with van der Waals surface area (Å²) in [5.41, 5.74) is 0. The van der Waals surface area contributed by atoms with E-state index in [1.54, 1.807) is 0 Å². The van der Waals surface area contributed by atoms with Gasteiger partial charge in [-0.3, -0.25) is 9.59 Å². The van der Waals surface area contributed by atoms with Crippen LogP contribution in [-0.2, 0) is 19.1 Å². The highest BCUT2D eigenvalue weighted by Gasteiger charge is 2.16. The van der Waals surface area contributed by atoms with Crippen LogP contribution in [0.1, 0.15) is 194 Å². The van der Waals surface area contributed by atoms with E-state index in [1.807, 2.05) is 0 Å². The minimum absolute atomic E-state index is 0.0149. The Bertz CT molecular complexity index is 595. The number of carbonyl (C=O) groups excluding carboxylic acids is 2. The Labute approximate surface area is 261 Å². The predicted molar refractivity (Wildman–Crippen MR) is 177 cm³/mol. The van der Waals surface area contributed by atoms with Crippen LogP contribution >= 0.6 is 0 Å². The van der Waals surface area contributed by atoms with Crippen LogP contribution < -0.4 is 0 Å². The Morgan fingerprint density at radius 2 is 0.881 bits per heavy atom. The highest BCUT2D eigenvalue weighted by Crippen LogP contribution is 2.29. The summed E-state index contributed by atoms with van der Waals surface area (Å²) in [7, 11) is 0. The minimum Gasteiger partial charge on any atom is -0.466 e. The molecule has 0 heterocycles. The number of rotatable bonds is 27. The van der Waals surface area contributed by atoms with E-state index >= 15 is 0 Å². The van der Waals surface area contributed by atoms with Gasteiger partial charge < -0.3 is 9.47 Å². The maximum absolute atomic E-state index is 11.9. The summed E-state index contributed by atoms with van der Waals surface area (Å²) < 4.78 is 10.9. The molecule has 0 saturated heterocycles. The van der Waals surface area contributed by atoms with E-state index in [0.29, 0.717) is 26.1 Å². The SMILES string of the molecule is CC(C)C(CCCCCCCCC(=O)OCCCC1CCCC1)CCCCCCCCC(=O)OCCCC1CCCC1. The molecule has 2 aliphatic rings. The summed E-state index contributed by atoms with van der Waals surface area (Å²) >= 11 is 0. The maximum atomic E-state index is 11.9. The van der Waals surface area contributed by atoms with Gasteiger partial charge in [0.2, 0.25) is 0 Å². The summed E-state index contributed by atoms with van der Waals surface area (Å²) in [5, 5.41) is 0. The van der Waals surface area contributed by atoms with Gasteiger partial charge >= 0.3 is 11.9 Å². The Morgan fingerprint density at radius 1 is 0.524 bits per heavy atom. The van der Waals surface area contributed by atoms with Crippen molar-refractivity contribution in [3.8, 4) is 0 Å². The fourth-order valence-corrected chi connectivity index (χ4v) is 7.44. The Balaban J connectivity index is 1.31. The molecule has 246 valence electrons. The van der Waals surface area contributed by atoms with Gasteiger partial charge in [-0.25, -0.2) is 0 Å². The Hall–Kier alpha value is -1.06. The van der Waals surface area contributed by atoms with E-state index in [4.69, 9.17) is 9.47 Å². The molecule has 0 unspecified atom stereocenters. The van der Waals surface area contributed by atoms with Gasteiger partial charge in [0.15, 0.2) is 0 Å². The van der Waals surface area contributed by atoms with Crippen molar-refractivity contribution >= 4 is 11.9 Å². The molecule has 2 fully saturated rings. The van der Waals surface area contributed by atoms with Crippen LogP contribution in [0, 0.1) is 23.7 Å². The van der Waals surface area contributed by atoms with Gasteiger partial charge in [-0.2, -0.15) is 0 Å². The fourth-order valence-electron chi connectivity index (χ4n) is 7.44. The van der Waals surface area contributed by atoms with E-state index in [9.17, 15) is 9.59 Å². The molecule has 0 N–H and O–H groups in total. The van der Waals surface area contributed by atoms with Crippen molar-refractivity contribution in [2.24, 2.45) is 23.7 Å². The van der Waals surface area contributed by atoms with Crippen molar-refractivity contribution in [2.45, 2.75) is 194 Å². The summed E-state index contributed by atoms with van der Waals surface area (Å²) in [6.45, 7) is 6.05. The molecule has 4 heteroatoms. The van der Waals surface area contributed by atoms with Crippen molar-refractivity contribution in [3.63, 3.8) is 0 Å². The molecular formula is C38H70O4. The summed E-state index contributed by atoms with van der Waals surface area (Å²) in [6.07, 6.45) is 34.4. The zero-order valence-corrected chi connectivity index (χ0v) is 28.2. The lowest BCUT2D eigenvalue weighted by Crippen LogP contribution is -2.09. The van der Waals surface area contributed by atoms with Crippen LogP contribution in [0.4, 0.5) is 0 Å². The molecule has 0 atom stereocenters. The lowest BCUT2D eigenvalue weighted by atomic mass is 9.85. The number of hydrogen-bond acceptors (Lipinski definition) is 4. The molecule has 2 aliphatic carbocycles. The topological polar surface area (TPSA) is 52.6 Å². The summed E-state index contributed by atoms with van der Waals surface area (Å²) in [5.74, 6) is 3.45. The molecule has 4 nitrogen and oxygen atoms in total. The van der Waals surface area contributed by atoms with Crippen LogP contribution in [0.3, 0.4) is 0 Å². The van der Waals surface area contributed by atoms with Crippen molar-refractivity contribution in [3.05, 3.63) is 0 Å². The first-order valence-electron chi connectivity index (χ1n) is 18.9. The van der Waals surface area contributed by atoms with Gasteiger partial charge in [-0.05, 0) is 62.2 Å². The number of esters is 2. The largest absolute Gasteiger partial charge is 0.466 e. The molecule has 0 aromatic rings. The van der Waals surface area contributed by atoms with Gasteiger partial charge in [0.25, 0.3) is 0 Å². The van der Waals surface area contributed by atoms with Crippen molar-refractivity contribution in [1.29, 1.82) is 0 Å². The standard InChI is InChI=1S/C38H70O4/c1-33(2)36(27-11-7-3-5-9-13-29-37(39)41-31-19-25-34-21-15-16-22-34)28-12-8-4-6-10-14-30-38(40)42-32-20-26-35-23-17-18-24-35/h33-36H,3-32H2,1-2H3.